The second-order valence-electron chi connectivity index (χ2n) is 4.95. The predicted molar refractivity (Wildman–Crippen MR) is 73.2 cm³/mol. The van der Waals surface area contributed by atoms with Gasteiger partial charge in [-0.1, -0.05) is 6.07 Å². The number of amides is 1. The van der Waals surface area contributed by atoms with Crippen molar-refractivity contribution in [3.8, 4) is 0 Å². The molecule has 1 saturated heterocycles. The lowest BCUT2D eigenvalue weighted by atomic mass is 10.0. The third kappa shape index (κ3) is 3.14. The van der Waals surface area contributed by atoms with E-state index in [1.807, 2.05) is 0 Å². The van der Waals surface area contributed by atoms with Gasteiger partial charge in [-0.05, 0) is 41.4 Å². The fourth-order valence-corrected chi connectivity index (χ4v) is 4.78. The van der Waals surface area contributed by atoms with Gasteiger partial charge in [-0.3, -0.25) is 4.79 Å². The highest BCUT2D eigenvalue weighted by Gasteiger charge is 2.40. The van der Waals surface area contributed by atoms with Crippen LogP contribution in [0.15, 0.2) is 22.7 Å². The highest BCUT2D eigenvalue weighted by Crippen LogP contribution is 2.25. The molecule has 1 heterocycles. The van der Waals surface area contributed by atoms with Crippen molar-refractivity contribution < 1.29 is 17.6 Å². The Kier molecular flexibility index (Phi) is 3.70. The summed E-state index contributed by atoms with van der Waals surface area (Å²) in [5.74, 6) is -1.32. The van der Waals surface area contributed by atoms with Gasteiger partial charge in [0, 0.05) is 4.47 Å². The molecule has 1 amide bonds. The van der Waals surface area contributed by atoms with E-state index in [-0.39, 0.29) is 17.1 Å². The van der Waals surface area contributed by atoms with E-state index in [0.717, 1.165) is 0 Å². The molecule has 4 nitrogen and oxygen atoms in total. The Hall–Kier alpha value is -0.950. The Morgan fingerprint density at radius 3 is 2.68 bits per heavy atom. The van der Waals surface area contributed by atoms with Crippen LogP contribution in [-0.4, -0.2) is 31.4 Å². The van der Waals surface area contributed by atoms with E-state index >= 15 is 0 Å². The first-order chi connectivity index (χ1) is 8.72. The average Bonchev–Trinajstić information content (AvgIpc) is 2.52. The molecule has 1 fully saturated rings. The molecule has 2 rings (SSSR count). The first-order valence-corrected chi connectivity index (χ1v) is 8.31. The van der Waals surface area contributed by atoms with Crippen LogP contribution in [0.1, 0.15) is 23.7 Å². The number of hydrogen-bond acceptors (Lipinski definition) is 3. The van der Waals surface area contributed by atoms with Crippen molar-refractivity contribution in [2.24, 2.45) is 0 Å². The summed E-state index contributed by atoms with van der Waals surface area (Å²) in [7, 11) is -3.12. The van der Waals surface area contributed by atoms with Crippen molar-refractivity contribution >= 4 is 31.7 Å². The van der Waals surface area contributed by atoms with Crippen molar-refractivity contribution in [2.75, 3.05) is 11.5 Å². The summed E-state index contributed by atoms with van der Waals surface area (Å²) in [4.78, 5) is 12.1. The van der Waals surface area contributed by atoms with Crippen LogP contribution < -0.4 is 5.32 Å². The fourth-order valence-electron chi connectivity index (χ4n) is 2.16. The molecule has 1 aromatic rings. The van der Waals surface area contributed by atoms with Crippen molar-refractivity contribution in [3.05, 3.63) is 34.1 Å². The summed E-state index contributed by atoms with van der Waals surface area (Å²) in [5.41, 5.74) is -0.939. The normalized spacial score (nSPS) is 25.2. The lowest BCUT2D eigenvalue weighted by molar-refractivity contribution is 0.0910. The molecule has 0 saturated carbocycles. The molecule has 0 aromatic heterocycles. The summed E-state index contributed by atoms with van der Waals surface area (Å²) in [6.07, 6.45) is 0.340. The van der Waals surface area contributed by atoms with Crippen LogP contribution in [0.3, 0.4) is 0 Å². The zero-order valence-corrected chi connectivity index (χ0v) is 12.6. The molecule has 104 valence electrons. The number of nitrogens with one attached hydrogen (secondary N) is 1. The van der Waals surface area contributed by atoms with Crippen LogP contribution in [0, 0.1) is 5.82 Å². The zero-order chi connectivity index (χ0) is 14.3. The van der Waals surface area contributed by atoms with Crippen LogP contribution in [0.5, 0.6) is 0 Å². The van der Waals surface area contributed by atoms with Crippen LogP contribution in [-0.2, 0) is 9.84 Å². The third-order valence-electron chi connectivity index (χ3n) is 3.11. The van der Waals surface area contributed by atoms with Gasteiger partial charge in [-0.2, -0.15) is 0 Å². The molecular weight excluding hydrogens is 337 g/mol. The molecule has 0 aliphatic carbocycles. The Labute approximate surface area is 119 Å². The molecule has 0 radical (unpaired) electrons. The van der Waals surface area contributed by atoms with Gasteiger partial charge < -0.3 is 5.32 Å². The van der Waals surface area contributed by atoms with Crippen molar-refractivity contribution in [2.45, 2.75) is 18.9 Å². The third-order valence-corrected chi connectivity index (χ3v) is 5.67. The molecule has 1 aliphatic heterocycles. The Bertz CT molecular complexity index is 612. The molecule has 1 unspecified atom stereocenters. The number of rotatable bonds is 2. The average molecular weight is 350 g/mol. The Morgan fingerprint density at radius 1 is 1.47 bits per heavy atom. The summed E-state index contributed by atoms with van der Waals surface area (Å²) < 4.78 is 36.9. The number of sulfone groups is 1. The van der Waals surface area contributed by atoms with E-state index in [1.165, 1.54) is 12.1 Å². The lowest BCUT2D eigenvalue weighted by Gasteiger charge is -2.24. The minimum absolute atomic E-state index is 0.0439. The minimum atomic E-state index is -3.12. The summed E-state index contributed by atoms with van der Waals surface area (Å²) in [5, 5.41) is 2.62. The molecule has 19 heavy (non-hydrogen) atoms. The highest BCUT2D eigenvalue weighted by atomic mass is 79.9. The summed E-state index contributed by atoms with van der Waals surface area (Å²) in [6.45, 7) is 1.66. The largest absolute Gasteiger partial charge is 0.346 e. The second kappa shape index (κ2) is 4.86. The first kappa shape index (κ1) is 14.5. The molecule has 0 bridgehead atoms. The van der Waals surface area contributed by atoms with Crippen molar-refractivity contribution in [1.29, 1.82) is 0 Å². The van der Waals surface area contributed by atoms with E-state index in [9.17, 15) is 17.6 Å². The number of carbonyl (C=O) groups excluding carboxylic acids is 1. The standard InChI is InChI=1S/C12H13BrFNO3S/c1-12(5-6-19(17,18)7-12)15-11(16)10-8(13)3-2-4-9(10)14/h2-4H,5-7H2,1H3,(H,15,16). The number of halogens is 2. The van der Waals surface area contributed by atoms with Gasteiger partial charge in [-0.25, -0.2) is 12.8 Å². The van der Waals surface area contributed by atoms with Gasteiger partial charge in [0.2, 0.25) is 0 Å². The lowest BCUT2D eigenvalue weighted by Crippen LogP contribution is -2.47. The van der Waals surface area contributed by atoms with E-state index in [4.69, 9.17) is 0 Å². The van der Waals surface area contributed by atoms with E-state index in [0.29, 0.717) is 10.9 Å². The number of carbonyl (C=O) groups is 1. The smallest absolute Gasteiger partial charge is 0.255 e. The molecule has 1 aliphatic rings. The van der Waals surface area contributed by atoms with E-state index in [2.05, 4.69) is 21.2 Å². The minimum Gasteiger partial charge on any atom is -0.346 e. The number of benzene rings is 1. The topological polar surface area (TPSA) is 63.2 Å². The van der Waals surface area contributed by atoms with Gasteiger partial charge in [0.1, 0.15) is 5.82 Å². The quantitative estimate of drug-likeness (QED) is 0.886. The molecule has 1 atom stereocenters. The molecule has 0 spiro atoms. The Morgan fingerprint density at radius 2 is 2.16 bits per heavy atom. The Balaban J connectivity index is 2.23. The van der Waals surface area contributed by atoms with Gasteiger partial charge in [0.15, 0.2) is 9.84 Å². The molecular formula is C12H13BrFNO3S. The maximum atomic E-state index is 13.6. The first-order valence-electron chi connectivity index (χ1n) is 5.69. The van der Waals surface area contributed by atoms with Crippen LogP contribution in [0.4, 0.5) is 4.39 Å². The van der Waals surface area contributed by atoms with Crippen molar-refractivity contribution in [3.63, 3.8) is 0 Å². The predicted octanol–water partition coefficient (Wildman–Crippen LogP) is 1.90. The SMILES string of the molecule is CC1(NC(=O)c2c(F)cccc2Br)CCS(=O)(=O)C1. The van der Waals surface area contributed by atoms with Gasteiger partial charge in [0.05, 0.1) is 22.6 Å². The highest BCUT2D eigenvalue weighted by molar-refractivity contribution is 9.10. The molecule has 7 heteroatoms. The molecule has 1 aromatic carbocycles. The molecule has 1 N–H and O–H groups in total. The van der Waals surface area contributed by atoms with Crippen LogP contribution in [0.25, 0.3) is 0 Å². The van der Waals surface area contributed by atoms with Gasteiger partial charge in [0.25, 0.3) is 5.91 Å². The van der Waals surface area contributed by atoms with Gasteiger partial charge in [-0.15, -0.1) is 0 Å². The second-order valence-corrected chi connectivity index (χ2v) is 7.99. The van der Waals surface area contributed by atoms with E-state index < -0.39 is 27.1 Å². The summed E-state index contributed by atoms with van der Waals surface area (Å²) >= 11 is 3.12. The number of hydrogen-bond donors (Lipinski definition) is 1. The maximum Gasteiger partial charge on any atom is 0.255 e. The van der Waals surface area contributed by atoms with Gasteiger partial charge >= 0.3 is 0 Å². The van der Waals surface area contributed by atoms with E-state index in [1.54, 1.807) is 13.0 Å². The maximum absolute atomic E-state index is 13.6. The van der Waals surface area contributed by atoms with Crippen LogP contribution in [0.2, 0.25) is 0 Å². The summed E-state index contributed by atoms with van der Waals surface area (Å²) in [6, 6.07) is 4.23. The van der Waals surface area contributed by atoms with Crippen molar-refractivity contribution in [1.82, 2.24) is 5.32 Å². The monoisotopic (exact) mass is 349 g/mol. The zero-order valence-electron chi connectivity index (χ0n) is 10.2. The van der Waals surface area contributed by atoms with Crippen LogP contribution >= 0.6 is 15.9 Å². The fraction of sp³-hybridized carbons (Fsp3) is 0.417.